The summed E-state index contributed by atoms with van der Waals surface area (Å²) in [7, 11) is 0. The summed E-state index contributed by atoms with van der Waals surface area (Å²) >= 11 is 0. The number of nitrogens with zero attached hydrogens (tertiary/aromatic N) is 2. The third-order valence-electron chi connectivity index (χ3n) is 3.28. The SMILES string of the molecule is CC(C)C[C@@H]1NC(=O)N(Cc2ccccc2C#N)C1=O. The lowest BCUT2D eigenvalue weighted by molar-refractivity contribution is -0.128. The summed E-state index contributed by atoms with van der Waals surface area (Å²) < 4.78 is 0. The van der Waals surface area contributed by atoms with E-state index >= 15 is 0 Å². The minimum atomic E-state index is -0.447. The number of carbonyl (C=O) groups excluding carboxylic acids is 2. The van der Waals surface area contributed by atoms with Crippen molar-refractivity contribution in [3.05, 3.63) is 35.4 Å². The van der Waals surface area contributed by atoms with Crippen molar-refractivity contribution in [3.8, 4) is 6.07 Å². The van der Waals surface area contributed by atoms with E-state index in [1.54, 1.807) is 24.3 Å². The maximum absolute atomic E-state index is 12.2. The molecule has 3 amide bonds. The maximum Gasteiger partial charge on any atom is 0.325 e. The molecule has 5 heteroatoms. The van der Waals surface area contributed by atoms with Crippen molar-refractivity contribution in [2.24, 2.45) is 5.92 Å². The zero-order chi connectivity index (χ0) is 14.7. The molecule has 0 bridgehead atoms. The molecule has 1 atom stereocenters. The van der Waals surface area contributed by atoms with Gasteiger partial charge in [-0.2, -0.15) is 5.26 Å². The molecule has 1 heterocycles. The van der Waals surface area contributed by atoms with E-state index in [9.17, 15) is 9.59 Å². The molecule has 5 nitrogen and oxygen atoms in total. The summed E-state index contributed by atoms with van der Waals surface area (Å²) in [6, 6.07) is 8.23. The first-order valence-electron chi connectivity index (χ1n) is 6.62. The van der Waals surface area contributed by atoms with Crippen LogP contribution in [0.25, 0.3) is 0 Å². The molecule has 0 aliphatic carbocycles. The Kier molecular flexibility index (Phi) is 4.04. The Balaban J connectivity index is 2.16. The van der Waals surface area contributed by atoms with Crippen molar-refractivity contribution < 1.29 is 9.59 Å². The first-order valence-corrected chi connectivity index (χ1v) is 6.62. The number of nitriles is 1. The monoisotopic (exact) mass is 271 g/mol. The number of imide groups is 1. The highest BCUT2D eigenvalue weighted by Gasteiger charge is 2.38. The van der Waals surface area contributed by atoms with E-state index in [0.717, 1.165) is 0 Å². The van der Waals surface area contributed by atoms with Gasteiger partial charge in [-0.1, -0.05) is 32.0 Å². The van der Waals surface area contributed by atoms with Crippen LogP contribution in [0.1, 0.15) is 31.4 Å². The number of rotatable bonds is 4. The van der Waals surface area contributed by atoms with Gasteiger partial charge >= 0.3 is 6.03 Å². The van der Waals surface area contributed by atoms with Gasteiger partial charge in [0.1, 0.15) is 6.04 Å². The molecule has 1 aromatic rings. The van der Waals surface area contributed by atoms with Crippen molar-refractivity contribution >= 4 is 11.9 Å². The van der Waals surface area contributed by atoms with Crippen LogP contribution in [0.2, 0.25) is 0 Å². The fourth-order valence-electron chi connectivity index (χ4n) is 2.30. The molecule has 0 unspecified atom stereocenters. The second-order valence-corrected chi connectivity index (χ2v) is 5.32. The van der Waals surface area contributed by atoms with Crippen LogP contribution in [0.5, 0.6) is 0 Å². The van der Waals surface area contributed by atoms with E-state index in [1.807, 2.05) is 13.8 Å². The normalized spacial score (nSPS) is 18.3. The van der Waals surface area contributed by atoms with Gasteiger partial charge in [-0.15, -0.1) is 0 Å². The fraction of sp³-hybridized carbons (Fsp3) is 0.400. The Labute approximate surface area is 118 Å². The topological polar surface area (TPSA) is 73.2 Å². The molecule has 1 saturated heterocycles. The average molecular weight is 271 g/mol. The van der Waals surface area contributed by atoms with Crippen LogP contribution < -0.4 is 5.32 Å². The Hall–Kier alpha value is -2.35. The molecule has 0 aromatic heterocycles. The summed E-state index contributed by atoms with van der Waals surface area (Å²) in [5.74, 6) is 0.118. The van der Waals surface area contributed by atoms with E-state index < -0.39 is 6.04 Å². The van der Waals surface area contributed by atoms with Gasteiger partial charge in [0.05, 0.1) is 18.2 Å². The third kappa shape index (κ3) is 2.80. The maximum atomic E-state index is 12.2. The Morgan fingerprint density at radius 3 is 2.70 bits per heavy atom. The third-order valence-corrected chi connectivity index (χ3v) is 3.28. The van der Waals surface area contributed by atoms with E-state index in [1.165, 1.54) is 4.90 Å². The molecule has 1 aliphatic heterocycles. The molecule has 1 N–H and O–H groups in total. The quantitative estimate of drug-likeness (QED) is 0.851. The van der Waals surface area contributed by atoms with Crippen LogP contribution in [0, 0.1) is 17.2 Å². The zero-order valence-electron chi connectivity index (χ0n) is 11.6. The van der Waals surface area contributed by atoms with Crippen molar-refractivity contribution in [1.29, 1.82) is 5.26 Å². The van der Waals surface area contributed by atoms with Crippen LogP contribution in [0.15, 0.2) is 24.3 Å². The van der Waals surface area contributed by atoms with Crippen molar-refractivity contribution in [3.63, 3.8) is 0 Å². The fourth-order valence-corrected chi connectivity index (χ4v) is 2.30. The highest BCUT2D eigenvalue weighted by atomic mass is 16.2. The van der Waals surface area contributed by atoms with Gasteiger partial charge < -0.3 is 5.32 Å². The Morgan fingerprint density at radius 2 is 2.05 bits per heavy atom. The van der Waals surface area contributed by atoms with Crippen LogP contribution >= 0.6 is 0 Å². The Morgan fingerprint density at radius 1 is 1.35 bits per heavy atom. The molecule has 2 rings (SSSR count). The number of urea groups is 1. The molecule has 1 aromatic carbocycles. The van der Waals surface area contributed by atoms with E-state index in [0.29, 0.717) is 23.5 Å². The smallest absolute Gasteiger partial charge is 0.325 e. The molecule has 20 heavy (non-hydrogen) atoms. The molecule has 0 saturated carbocycles. The molecule has 1 aliphatic rings. The van der Waals surface area contributed by atoms with Gasteiger partial charge in [0.15, 0.2) is 0 Å². The largest absolute Gasteiger partial charge is 0.326 e. The van der Waals surface area contributed by atoms with Crippen molar-refractivity contribution in [2.45, 2.75) is 32.9 Å². The number of nitrogens with one attached hydrogen (secondary N) is 1. The highest BCUT2D eigenvalue weighted by molar-refractivity contribution is 6.04. The summed E-state index contributed by atoms with van der Waals surface area (Å²) in [4.78, 5) is 25.3. The number of amides is 3. The van der Waals surface area contributed by atoms with Crippen molar-refractivity contribution in [1.82, 2.24) is 10.2 Å². The summed E-state index contributed by atoms with van der Waals surface area (Å²) in [6.45, 7) is 4.16. The minimum absolute atomic E-state index is 0.142. The lowest BCUT2D eigenvalue weighted by Gasteiger charge is -2.14. The Bertz CT molecular complexity index is 575. The molecule has 0 spiro atoms. The van der Waals surface area contributed by atoms with Crippen LogP contribution in [0.3, 0.4) is 0 Å². The molecule has 0 radical (unpaired) electrons. The van der Waals surface area contributed by atoms with E-state index in [-0.39, 0.29) is 18.5 Å². The second kappa shape index (κ2) is 5.74. The van der Waals surface area contributed by atoms with Crippen LogP contribution in [0.4, 0.5) is 4.79 Å². The lowest BCUT2D eigenvalue weighted by Crippen LogP contribution is -2.31. The first-order chi connectivity index (χ1) is 9.52. The van der Waals surface area contributed by atoms with Crippen LogP contribution in [-0.2, 0) is 11.3 Å². The lowest BCUT2D eigenvalue weighted by atomic mass is 10.0. The summed E-state index contributed by atoms with van der Waals surface area (Å²) in [5, 5.41) is 11.7. The average Bonchev–Trinajstić information content (AvgIpc) is 2.66. The summed E-state index contributed by atoms with van der Waals surface area (Å²) in [6.07, 6.45) is 0.626. The van der Waals surface area contributed by atoms with Gasteiger partial charge in [0, 0.05) is 0 Å². The minimum Gasteiger partial charge on any atom is -0.326 e. The molecular weight excluding hydrogens is 254 g/mol. The van der Waals surface area contributed by atoms with Crippen LogP contribution in [-0.4, -0.2) is 22.9 Å². The predicted molar refractivity (Wildman–Crippen MR) is 73.5 cm³/mol. The van der Waals surface area contributed by atoms with Gasteiger partial charge in [-0.25, -0.2) is 4.79 Å². The van der Waals surface area contributed by atoms with Crippen molar-refractivity contribution in [2.75, 3.05) is 0 Å². The summed E-state index contributed by atoms with van der Waals surface area (Å²) in [5.41, 5.74) is 1.17. The molecule has 1 fully saturated rings. The van der Waals surface area contributed by atoms with Gasteiger partial charge in [0.2, 0.25) is 0 Å². The number of carbonyl (C=O) groups is 2. The zero-order valence-corrected chi connectivity index (χ0v) is 11.6. The second-order valence-electron chi connectivity index (χ2n) is 5.32. The highest BCUT2D eigenvalue weighted by Crippen LogP contribution is 2.18. The first kappa shape index (κ1) is 14.1. The van der Waals surface area contributed by atoms with Gasteiger partial charge in [-0.05, 0) is 24.0 Å². The van der Waals surface area contributed by atoms with E-state index in [4.69, 9.17) is 5.26 Å². The van der Waals surface area contributed by atoms with Gasteiger partial charge in [-0.3, -0.25) is 9.69 Å². The number of hydrogen-bond donors (Lipinski definition) is 1. The number of hydrogen-bond acceptors (Lipinski definition) is 3. The molecular formula is C15H17N3O2. The predicted octanol–water partition coefficient (Wildman–Crippen LogP) is 2.02. The number of benzene rings is 1. The van der Waals surface area contributed by atoms with Gasteiger partial charge in [0.25, 0.3) is 5.91 Å². The molecule has 104 valence electrons. The standard InChI is InChI=1S/C15H17N3O2/c1-10(2)7-13-14(19)18(15(20)17-13)9-12-6-4-3-5-11(12)8-16/h3-6,10,13H,7,9H2,1-2H3,(H,17,20)/t13-/m0/s1. The van der Waals surface area contributed by atoms with E-state index in [2.05, 4.69) is 11.4 Å².